The monoisotopic (exact) mass is 510 g/mol. The van der Waals surface area contributed by atoms with E-state index >= 15 is 0 Å². The summed E-state index contributed by atoms with van der Waals surface area (Å²) in [7, 11) is 0. The van der Waals surface area contributed by atoms with Crippen molar-refractivity contribution >= 4 is 29.9 Å². The minimum Gasteiger partial charge on any atom is -0.379 e. The van der Waals surface area contributed by atoms with E-state index in [1.165, 1.54) is 6.42 Å². The van der Waals surface area contributed by atoms with Crippen LogP contribution in [0.3, 0.4) is 0 Å². The average molecular weight is 510 g/mol. The lowest BCUT2D eigenvalue weighted by Crippen LogP contribution is -2.46. The van der Waals surface area contributed by atoms with Crippen LogP contribution in [0.1, 0.15) is 19.2 Å². The molecule has 2 N–H and O–H groups in total. The molecule has 7 nitrogen and oxygen atoms in total. The SMILES string of the molecule is CCNC(=NCc1ncc(-c2ccccc2)[nH]1)N1CCC(N2CCOCC2)C1.I. The second kappa shape index (κ2) is 10.9. The number of morpholine rings is 1. The number of aromatic nitrogens is 2. The molecule has 8 heteroatoms. The molecule has 3 heterocycles. The molecule has 0 saturated carbocycles. The van der Waals surface area contributed by atoms with Crippen LogP contribution in [0.25, 0.3) is 11.3 Å². The predicted molar refractivity (Wildman–Crippen MR) is 127 cm³/mol. The third-order valence-corrected chi connectivity index (χ3v) is 5.45. The van der Waals surface area contributed by atoms with Gasteiger partial charge in [0.15, 0.2) is 5.96 Å². The third kappa shape index (κ3) is 5.70. The first-order valence-corrected chi connectivity index (χ1v) is 10.3. The van der Waals surface area contributed by atoms with Crippen LogP contribution in [-0.4, -0.2) is 77.7 Å². The van der Waals surface area contributed by atoms with Crippen molar-refractivity contribution in [2.45, 2.75) is 25.9 Å². The molecule has 4 rings (SSSR count). The van der Waals surface area contributed by atoms with Gasteiger partial charge in [0, 0.05) is 38.8 Å². The number of aliphatic imine (C=N–C) groups is 1. The Morgan fingerprint density at radius 3 is 2.79 bits per heavy atom. The molecule has 0 radical (unpaired) electrons. The van der Waals surface area contributed by atoms with Gasteiger partial charge in [-0.15, -0.1) is 24.0 Å². The van der Waals surface area contributed by atoms with Gasteiger partial charge in [-0.2, -0.15) is 0 Å². The Hall–Kier alpha value is -1.65. The lowest BCUT2D eigenvalue weighted by molar-refractivity contribution is 0.0195. The van der Waals surface area contributed by atoms with E-state index in [4.69, 9.17) is 9.73 Å². The Morgan fingerprint density at radius 2 is 2.03 bits per heavy atom. The number of nitrogens with one attached hydrogen (secondary N) is 2. The maximum atomic E-state index is 5.49. The molecular formula is C21H31IN6O. The Kier molecular flexibility index (Phi) is 8.31. The number of benzene rings is 1. The van der Waals surface area contributed by atoms with Crippen molar-refractivity contribution in [3.05, 3.63) is 42.4 Å². The number of H-pyrrole nitrogens is 1. The summed E-state index contributed by atoms with van der Waals surface area (Å²) in [5, 5.41) is 3.45. The summed E-state index contributed by atoms with van der Waals surface area (Å²) in [6.07, 6.45) is 3.07. The number of halogens is 1. The molecule has 2 aliphatic heterocycles. The highest BCUT2D eigenvalue weighted by Crippen LogP contribution is 2.18. The smallest absolute Gasteiger partial charge is 0.194 e. The molecule has 1 atom stereocenters. The van der Waals surface area contributed by atoms with E-state index in [-0.39, 0.29) is 24.0 Å². The Bertz CT molecular complexity index is 774. The van der Waals surface area contributed by atoms with E-state index in [9.17, 15) is 0 Å². The molecule has 1 aromatic carbocycles. The number of nitrogens with zero attached hydrogens (tertiary/aromatic N) is 4. The number of likely N-dealkylation sites (tertiary alicyclic amines) is 1. The fraction of sp³-hybridized carbons (Fsp3) is 0.524. The summed E-state index contributed by atoms with van der Waals surface area (Å²) in [5.74, 6) is 1.87. The van der Waals surface area contributed by atoms with Gasteiger partial charge in [-0.25, -0.2) is 9.98 Å². The zero-order valence-electron chi connectivity index (χ0n) is 17.0. The highest BCUT2D eigenvalue weighted by atomic mass is 127. The maximum Gasteiger partial charge on any atom is 0.194 e. The van der Waals surface area contributed by atoms with Crippen molar-refractivity contribution in [2.75, 3.05) is 45.9 Å². The van der Waals surface area contributed by atoms with Crippen molar-refractivity contribution in [1.29, 1.82) is 0 Å². The molecule has 0 bridgehead atoms. The molecule has 0 amide bonds. The lowest BCUT2D eigenvalue weighted by atomic mass is 10.2. The number of ether oxygens (including phenoxy) is 1. The minimum atomic E-state index is 0. The number of hydrogen-bond acceptors (Lipinski definition) is 4. The standard InChI is InChI=1S/C21H30N6O.HI/c1-2-22-21(27-9-8-18(16-27)26-10-12-28-13-11-26)24-15-20-23-14-19(25-20)17-6-4-3-5-7-17;/h3-7,14,18H,2,8-13,15-16H2,1H3,(H,22,24)(H,23,25);1H. The van der Waals surface area contributed by atoms with E-state index in [0.717, 1.165) is 69.0 Å². The highest BCUT2D eigenvalue weighted by molar-refractivity contribution is 14.0. The average Bonchev–Trinajstić information content (AvgIpc) is 3.43. The Morgan fingerprint density at radius 1 is 1.24 bits per heavy atom. The van der Waals surface area contributed by atoms with E-state index in [0.29, 0.717) is 12.6 Å². The number of imidazole rings is 1. The number of hydrogen-bond donors (Lipinski definition) is 2. The molecule has 158 valence electrons. The third-order valence-electron chi connectivity index (χ3n) is 5.45. The molecular weight excluding hydrogens is 479 g/mol. The van der Waals surface area contributed by atoms with Crippen LogP contribution in [0.4, 0.5) is 0 Å². The largest absolute Gasteiger partial charge is 0.379 e. The zero-order valence-corrected chi connectivity index (χ0v) is 19.3. The second-order valence-electron chi connectivity index (χ2n) is 7.32. The first-order chi connectivity index (χ1) is 13.8. The summed E-state index contributed by atoms with van der Waals surface area (Å²) in [4.78, 5) is 17.7. The fourth-order valence-electron chi connectivity index (χ4n) is 3.96. The molecule has 2 aliphatic rings. The van der Waals surface area contributed by atoms with Gasteiger partial charge in [0.25, 0.3) is 0 Å². The molecule has 1 unspecified atom stereocenters. The molecule has 1 aromatic heterocycles. The number of guanidine groups is 1. The van der Waals surface area contributed by atoms with Crippen LogP contribution in [0.5, 0.6) is 0 Å². The van der Waals surface area contributed by atoms with Gasteiger partial charge in [-0.3, -0.25) is 4.90 Å². The van der Waals surface area contributed by atoms with E-state index in [1.807, 2.05) is 24.4 Å². The van der Waals surface area contributed by atoms with Crippen LogP contribution in [0.2, 0.25) is 0 Å². The Labute approximate surface area is 190 Å². The fourth-order valence-corrected chi connectivity index (χ4v) is 3.96. The van der Waals surface area contributed by atoms with E-state index < -0.39 is 0 Å². The maximum absolute atomic E-state index is 5.49. The van der Waals surface area contributed by atoms with Crippen molar-refractivity contribution in [2.24, 2.45) is 4.99 Å². The molecule has 2 fully saturated rings. The molecule has 2 saturated heterocycles. The summed E-state index contributed by atoms with van der Waals surface area (Å²) in [5.41, 5.74) is 2.18. The summed E-state index contributed by atoms with van der Waals surface area (Å²) in [6.45, 7) is 9.40. The topological polar surface area (TPSA) is 68.8 Å². The van der Waals surface area contributed by atoms with Crippen LogP contribution < -0.4 is 5.32 Å². The van der Waals surface area contributed by atoms with Crippen LogP contribution >= 0.6 is 24.0 Å². The van der Waals surface area contributed by atoms with E-state index in [1.54, 1.807) is 0 Å². The Balaban J connectivity index is 0.00000240. The lowest BCUT2D eigenvalue weighted by Gasteiger charge is -2.32. The minimum absolute atomic E-state index is 0. The first-order valence-electron chi connectivity index (χ1n) is 10.3. The predicted octanol–water partition coefficient (Wildman–Crippen LogP) is 2.57. The molecule has 29 heavy (non-hydrogen) atoms. The van der Waals surface area contributed by atoms with Gasteiger partial charge in [0.2, 0.25) is 0 Å². The van der Waals surface area contributed by atoms with Crippen LogP contribution in [-0.2, 0) is 11.3 Å². The van der Waals surface area contributed by atoms with Crippen molar-refractivity contribution in [3.63, 3.8) is 0 Å². The van der Waals surface area contributed by atoms with Gasteiger partial charge in [-0.1, -0.05) is 30.3 Å². The van der Waals surface area contributed by atoms with Gasteiger partial charge >= 0.3 is 0 Å². The molecule has 2 aromatic rings. The van der Waals surface area contributed by atoms with Crippen LogP contribution in [0.15, 0.2) is 41.5 Å². The van der Waals surface area contributed by atoms with Crippen molar-refractivity contribution in [1.82, 2.24) is 25.1 Å². The summed E-state index contributed by atoms with van der Waals surface area (Å²) >= 11 is 0. The number of aromatic amines is 1. The van der Waals surface area contributed by atoms with E-state index in [2.05, 4.69) is 44.1 Å². The molecule has 0 spiro atoms. The summed E-state index contributed by atoms with van der Waals surface area (Å²) < 4.78 is 5.49. The van der Waals surface area contributed by atoms with Crippen molar-refractivity contribution < 1.29 is 4.74 Å². The van der Waals surface area contributed by atoms with Crippen LogP contribution in [0, 0.1) is 0 Å². The van der Waals surface area contributed by atoms with Gasteiger partial charge in [-0.05, 0) is 18.9 Å². The number of rotatable bonds is 5. The summed E-state index contributed by atoms with van der Waals surface area (Å²) in [6, 6.07) is 10.9. The normalized spacial score (nSPS) is 20.5. The quantitative estimate of drug-likeness (QED) is 0.368. The molecule has 0 aliphatic carbocycles. The van der Waals surface area contributed by atoms with Gasteiger partial charge in [0.1, 0.15) is 12.4 Å². The van der Waals surface area contributed by atoms with Crippen molar-refractivity contribution in [3.8, 4) is 11.3 Å². The highest BCUT2D eigenvalue weighted by Gasteiger charge is 2.30. The zero-order chi connectivity index (χ0) is 19.2. The second-order valence-corrected chi connectivity index (χ2v) is 7.32. The van der Waals surface area contributed by atoms with Gasteiger partial charge < -0.3 is 19.9 Å². The van der Waals surface area contributed by atoms with Gasteiger partial charge in [0.05, 0.1) is 25.1 Å². The first kappa shape index (κ1) is 22.0.